The van der Waals surface area contributed by atoms with E-state index in [1.54, 1.807) is 6.20 Å². The lowest BCUT2D eigenvalue weighted by atomic mass is 9.94. The van der Waals surface area contributed by atoms with Gasteiger partial charge < -0.3 is 14.6 Å². The van der Waals surface area contributed by atoms with E-state index in [2.05, 4.69) is 22.6 Å². The standard InChI is InChI=1S/C15H21N3O2/c1-15(2,14(19)20-4)10-18-9-11(8-16-3)12-6-5-7-17-13(12)18/h5-7,9,16H,8,10H2,1-4H3. The molecule has 0 aliphatic rings. The predicted octanol–water partition coefficient (Wildman–Crippen LogP) is 1.95. The number of hydrogen-bond acceptors (Lipinski definition) is 4. The summed E-state index contributed by atoms with van der Waals surface area (Å²) >= 11 is 0. The van der Waals surface area contributed by atoms with E-state index >= 15 is 0 Å². The number of pyridine rings is 1. The second-order valence-electron chi connectivity index (χ2n) is 5.56. The number of nitrogens with one attached hydrogen (secondary N) is 1. The highest BCUT2D eigenvalue weighted by molar-refractivity contribution is 5.81. The second kappa shape index (κ2) is 5.63. The molecule has 108 valence electrons. The van der Waals surface area contributed by atoms with Crippen LogP contribution in [-0.2, 0) is 22.6 Å². The van der Waals surface area contributed by atoms with Crippen LogP contribution in [-0.4, -0.2) is 29.7 Å². The van der Waals surface area contributed by atoms with Crippen LogP contribution in [0.25, 0.3) is 11.0 Å². The minimum Gasteiger partial charge on any atom is -0.469 e. The van der Waals surface area contributed by atoms with E-state index < -0.39 is 5.41 Å². The van der Waals surface area contributed by atoms with Gasteiger partial charge in [-0.25, -0.2) is 4.98 Å². The Morgan fingerprint density at radius 3 is 2.90 bits per heavy atom. The fraction of sp³-hybridized carbons (Fsp3) is 0.467. The van der Waals surface area contributed by atoms with Crippen molar-refractivity contribution >= 4 is 17.0 Å². The van der Waals surface area contributed by atoms with Gasteiger partial charge in [0.05, 0.1) is 12.5 Å². The van der Waals surface area contributed by atoms with Gasteiger partial charge in [0, 0.05) is 30.9 Å². The molecule has 5 heteroatoms. The Hall–Kier alpha value is -1.88. The van der Waals surface area contributed by atoms with Gasteiger partial charge in [-0.2, -0.15) is 0 Å². The monoisotopic (exact) mass is 275 g/mol. The van der Waals surface area contributed by atoms with Crippen molar-refractivity contribution in [3.05, 3.63) is 30.1 Å². The molecule has 0 unspecified atom stereocenters. The van der Waals surface area contributed by atoms with E-state index in [4.69, 9.17) is 4.74 Å². The molecule has 0 saturated carbocycles. The van der Waals surface area contributed by atoms with E-state index in [1.807, 2.05) is 31.5 Å². The van der Waals surface area contributed by atoms with Crippen LogP contribution >= 0.6 is 0 Å². The number of hydrogen-bond donors (Lipinski definition) is 1. The first kappa shape index (κ1) is 14.5. The zero-order valence-corrected chi connectivity index (χ0v) is 12.4. The molecule has 2 rings (SSSR count). The maximum atomic E-state index is 11.8. The van der Waals surface area contributed by atoms with Gasteiger partial charge in [0.2, 0.25) is 0 Å². The molecular formula is C15H21N3O2. The Balaban J connectivity index is 2.42. The maximum Gasteiger partial charge on any atom is 0.313 e. The van der Waals surface area contributed by atoms with Crippen LogP contribution in [0.4, 0.5) is 0 Å². The molecule has 2 aromatic rings. The molecule has 2 heterocycles. The van der Waals surface area contributed by atoms with Crippen molar-refractivity contribution in [2.24, 2.45) is 5.41 Å². The highest BCUT2D eigenvalue weighted by atomic mass is 16.5. The third-order valence-corrected chi connectivity index (χ3v) is 3.39. The minimum absolute atomic E-state index is 0.217. The molecule has 0 fully saturated rings. The molecule has 1 N–H and O–H groups in total. The van der Waals surface area contributed by atoms with E-state index in [-0.39, 0.29) is 5.97 Å². The summed E-state index contributed by atoms with van der Waals surface area (Å²) in [4.78, 5) is 16.3. The molecule has 0 amide bonds. The van der Waals surface area contributed by atoms with Crippen LogP contribution in [0.1, 0.15) is 19.4 Å². The molecule has 5 nitrogen and oxygen atoms in total. The van der Waals surface area contributed by atoms with Crippen molar-refractivity contribution in [2.75, 3.05) is 14.2 Å². The first-order valence-corrected chi connectivity index (χ1v) is 6.65. The number of fused-ring (bicyclic) bond motifs is 1. The molecule has 0 aromatic carbocycles. The predicted molar refractivity (Wildman–Crippen MR) is 78.3 cm³/mol. The Morgan fingerprint density at radius 1 is 1.50 bits per heavy atom. The van der Waals surface area contributed by atoms with Gasteiger partial charge in [-0.05, 0) is 38.6 Å². The van der Waals surface area contributed by atoms with E-state index in [0.29, 0.717) is 6.54 Å². The van der Waals surface area contributed by atoms with Crippen molar-refractivity contribution in [3.8, 4) is 0 Å². The lowest BCUT2D eigenvalue weighted by molar-refractivity contribution is -0.151. The minimum atomic E-state index is -0.588. The Labute approximate surface area is 118 Å². The third kappa shape index (κ3) is 2.67. The second-order valence-corrected chi connectivity index (χ2v) is 5.56. The number of rotatable bonds is 5. The van der Waals surface area contributed by atoms with Crippen LogP contribution in [0.15, 0.2) is 24.5 Å². The summed E-state index contributed by atoms with van der Waals surface area (Å²) < 4.78 is 6.90. The fourth-order valence-electron chi connectivity index (χ4n) is 2.41. The number of ether oxygens (including phenoxy) is 1. The molecule has 20 heavy (non-hydrogen) atoms. The van der Waals surface area contributed by atoms with Crippen molar-refractivity contribution in [1.29, 1.82) is 0 Å². The third-order valence-electron chi connectivity index (χ3n) is 3.39. The largest absolute Gasteiger partial charge is 0.469 e. The molecule has 0 atom stereocenters. The van der Waals surface area contributed by atoms with Gasteiger partial charge in [0.1, 0.15) is 5.65 Å². The lowest BCUT2D eigenvalue weighted by Crippen LogP contribution is -2.30. The maximum absolute atomic E-state index is 11.8. The number of nitrogens with zero attached hydrogens (tertiary/aromatic N) is 2. The van der Waals surface area contributed by atoms with Crippen LogP contribution in [0.5, 0.6) is 0 Å². The molecule has 0 aliphatic carbocycles. The number of methoxy groups -OCH3 is 1. The summed E-state index contributed by atoms with van der Waals surface area (Å²) in [5.41, 5.74) is 1.49. The van der Waals surface area contributed by atoms with Crippen molar-refractivity contribution in [3.63, 3.8) is 0 Å². The first-order valence-electron chi connectivity index (χ1n) is 6.65. The lowest BCUT2D eigenvalue weighted by Gasteiger charge is -2.22. The molecule has 0 saturated heterocycles. The van der Waals surface area contributed by atoms with Crippen molar-refractivity contribution in [1.82, 2.24) is 14.9 Å². The summed E-state index contributed by atoms with van der Waals surface area (Å²) in [5, 5.41) is 4.27. The van der Waals surface area contributed by atoms with E-state index in [1.165, 1.54) is 12.7 Å². The average Bonchev–Trinajstić information content (AvgIpc) is 2.76. The highest BCUT2D eigenvalue weighted by Gasteiger charge is 2.30. The summed E-state index contributed by atoms with van der Waals surface area (Å²) in [7, 11) is 3.33. The zero-order valence-electron chi connectivity index (χ0n) is 12.4. The van der Waals surface area contributed by atoms with Crippen LogP contribution in [0.3, 0.4) is 0 Å². The molecule has 0 bridgehead atoms. The van der Waals surface area contributed by atoms with Gasteiger partial charge in [-0.1, -0.05) is 0 Å². The molecule has 2 aromatic heterocycles. The molecular weight excluding hydrogens is 254 g/mol. The van der Waals surface area contributed by atoms with Crippen LogP contribution in [0.2, 0.25) is 0 Å². The topological polar surface area (TPSA) is 56.2 Å². The normalized spacial score (nSPS) is 11.8. The van der Waals surface area contributed by atoms with Gasteiger partial charge in [0.25, 0.3) is 0 Å². The van der Waals surface area contributed by atoms with Crippen LogP contribution < -0.4 is 5.32 Å². The van der Waals surface area contributed by atoms with Gasteiger partial charge in [0.15, 0.2) is 0 Å². The zero-order chi connectivity index (χ0) is 14.8. The number of carbonyl (C=O) groups is 1. The number of esters is 1. The Morgan fingerprint density at radius 2 is 2.25 bits per heavy atom. The summed E-state index contributed by atoms with van der Waals surface area (Å²) in [6, 6.07) is 3.98. The van der Waals surface area contributed by atoms with Crippen molar-refractivity contribution < 1.29 is 9.53 Å². The van der Waals surface area contributed by atoms with Gasteiger partial charge in [-0.3, -0.25) is 4.79 Å². The smallest absolute Gasteiger partial charge is 0.313 e. The van der Waals surface area contributed by atoms with Crippen molar-refractivity contribution in [2.45, 2.75) is 26.9 Å². The van der Waals surface area contributed by atoms with Crippen LogP contribution in [0, 0.1) is 5.41 Å². The number of carbonyl (C=O) groups excluding carboxylic acids is 1. The van der Waals surface area contributed by atoms with Gasteiger partial charge >= 0.3 is 5.97 Å². The fourth-order valence-corrected chi connectivity index (χ4v) is 2.41. The number of aromatic nitrogens is 2. The summed E-state index contributed by atoms with van der Waals surface area (Å²) in [6.45, 7) is 5.07. The Kier molecular flexibility index (Phi) is 4.09. The first-order chi connectivity index (χ1) is 9.49. The quantitative estimate of drug-likeness (QED) is 0.847. The average molecular weight is 275 g/mol. The van der Waals surface area contributed by atoms with Gasteiger partial charge in [-0.15, -0.1) is 0 Å². The summed E-state index contributed by atoms with van der Waals surface area (Å²) in [6.07, 6.45) is 3.83. The molecule has 0 radical (unpaired) electrons. The highest BCUT2D eigenvalue weighted by Crippen LogP contribution is 2.25. The molecule has 0 aliphatic heterocycles. The summed E-state index contributed by atoms with van der Waals surface area (Å²) in [5.74, 6) is -0.217. The molecule has 0 spiro atoms. The SMILES string of the molecule is CNCc1cn(CC(C)(C)C(=O)OC)c2ncccc12. The Bertz CT molecular complexity index is 617. The van der Waals surface area contributed by atoms with E-state index in [0.717, 1.165) is 17.6 Å². The van der Waals surface area contributed by atoms with E-state index in [9.17, 15) is 4.79 Å².